The average Bonchev–Trinajstić information content (AvgIpc) is 4.03. The van der Waals surface area contributed by atoms with E-state index in [0.717, 1.165) is 82.9 Å². The third kappa shape index (κ3) is 5.02. The molecule has 0 unspecified atom stereocenters. The molecule has 3 aromatic heterocycles. The van der Waals surface area contributed by atoms with Crippen LogP contribution in [0.5, 0.6) is 0 Å². The van der Waals surface area contributed by atoms with Crippen LogP contribution in [0.25, 0.3) is 137 Å². The summed E-state index contributed by atoms with van der Waals surface area (Å²) in [6, 6.07) is 76.8. The van der Waals surface area contributed by atoms with Crippen LogP contribution in [0.2, 0.25) is 0 Å². The Bertz CT molecular complexity index is 3990. The van der Waals surface area contributed by atoms with Crippen molar-refractivity contribution in [1.82, 2.24) is 4.57 Å². The van der Waals surface area contributed by atoms with Crippen LogP contribution in [0.4, 0.5) is 0 Å². The molecule has 3 heteroatoms. The van der Waals surface area contributed by atoms with E-state index in [2.05, 4.69) is 205 Å². The molecule has 0 atom stereocenters. The zero-order chi connectivity index (χ0) is 41.2. The molecule has 0 aliphatic carbocycles. The fourth-order valence-electron chi connectivity index (χ4n) is 10.5. The topological polar surface area (TPSA) is 31.2 Å². The molecule has 0 N–H and O–H groups in total. The number of hydrogen-bond donors (Lipinski definition) is 0. The molecule has 0 aliphatic rings. The Labute approximate surface area is 361 Å². The van der Waals surface area contributed by atoms with Crippen LogP contribution < -0.4 is 0 Å². The van der Waals surface area contributed by atoms with Gasteiger partial charge in [0.15, 0.2) is 0 Å². The molecule has 0 spiro atoms. The molecule has 0 saturated carbocycles. The number of hydrogen-bond acceptors (Lipinski definition) is 2. The van der Waals surface area contributed by atoms with E-state index in [1.54, 1.807) is 0 Å². The first-order valence-corrected chi connectivity index (χ1v) is 21.6. The van der Waals surface area contributed by atoms with Crippen molar-refractivity contribution in [2.45, 2.75) is 0 Å². The first kappa shape index (κ1) is 34.3. The van der Waals surface area contributed by atoms with Crippen molar-refractivity contribution in [2.75, 3.05) is 0 Å². The van der Waals surface area contributed by atoms with Crippen LogP contribution in [0.15, 0.2) is 221 Å². The maximum absolute atomic E-state index is 6.55. The van der Waals surface area contributed by atoms with Gasteiger partial charge in [-0.3, -0.25) is 0 Å². The molecular weight excluding hydrogens is 767 g/mol. The molecule has 0 saturated heterocycles. The van der Waals surface area contributed by atoms with Crippen LogP contribution in [0.1, 0.15) is 0 Å². The van der Waals surface area contributed by atoms with Crippen molar-refractivity contribution in [2.24, 2.45) is 0 Å². The third-order valence-electron chi connectivity index (χ3n) is 13.4. The van der Waals surface area contributed by atoms with E-state index in [4.69, 9.17) is 8.83 Å². The number of rotatable bonds is 4. The molecule has 0 aliphatic heterocycles. The highest BCUT2D eigenvalue weighted by Crippen LogP contribution is 2.43. The van der Waals surface area contributed by atoms with Crippen molar-refractivity contribution in [3.05, 3.63) is 212 Å². The van der Waals surface area contributed by atoms with Crippen LogP contribution >= 0.6 is 0 Å². The molecule has 0 fully saturated rings. The average molecular weight is 802 g/mol. The zero-order valence-corrected chi connectivity index (χ0v) is 34.0. The summed E-state index contributed by atoms with van der Waals surface area (Å²) in [6.07, 6.45) is 0. The second-order valence-electron chi connectivity index (χ2n) is 16.8. The van der Waals surface area contributed by atoms with Gasteiger partial charge in [0.2, 0.25) is 0 Å². The van der Waals surface area contributed by atoms with Gasteiger partial charge in [0, 0.05) is 49.1 Å². The van der Waals surface area contributed by atoms with Gasteiger partial charge >= 0.3 is 0 Å². The lowest BCUT2D eigenvalue weighted by atomic mass is 9.92. The molecule has 0 radical (unpaired) electrons. The van der Waals surface area contributed by atoms with Crippen LogP contribution in [-0.2, 0) is 0 Å². The summed E-state index contributed by atoms with van der Waals surface area (Å²) in [6.45, 7) is 0. The molecule has 14 aromatic rings. The van der Waals surface area contributed by atoms with Gasteiger partial charge < -0.3 is 13.4 Å². The summed E-state index contributed by atoms with van der Waals surface area (Å²) in [7, 11) is 0. The predicted octanol–water partition coefficient (Wildman–Crippen LogP) is 17.0. The second-order valence-corrected chi connectivity index (χ2v) is 16.8. The van der Waals surface area contributed by atoms with Gasteiger partial charge in [-0.2, -0.15) is 0 Å². The molecular formula is C60H35NO2. The summed E-state index contributed by atoms with van der Waals surface area (Å²) in [5.41, 5.74) is 13.8. The molecule has 0 bridgehead atoms. The first-order valence-electron chi connectivity index (χ1n) is 21.6. The maximum Gasteiger partial charge on any atom is 0.143 e. The van der Waals surface area contributed by atoms with Gasteiger partial charge in [-0.25, -0.2) is 0 Å². The number of para-hydroxylation sites is 4. The van der Waals surface area contributed by atoms with Crippen molar-refractivity contribution in [3.63, 3.8) is 0 Å². The summed E-state index contributed by atoms with van der Waals surface area (Å²) >= 11 is 0. The molecule has 0 amide bonds. The fourth-order valence-corrected chi connectivity index (χ4v) is 10.5. The number of furan rings is 2. The Morgan fingerprint density at radius 2 is 0.651 bits per heavy atom. The summed E-state index contributed by atoms with van der Waals surface area (Å²) in [5, 5.41) is 14.6. The minimum atomic E-state index is 0.899. The highest BCUT2D eigenvalue weighted by molar-refractivity contribution is 6.26. The van der Waals surface area contributed by atoms with Crippen molar-refractivity contribution >= 4 is 98.0 Å². The van der Waals surface area contributed by atoms with Crippen molar-refractivity contribution in [1.29, 1.82) is 0 Å². The number of benzene rings is 11. The van der Waals surface area contributed by atoms with E-state index in [0.29, 0.717) is 0 Å². The van der Waals surface area contributed by atoms with Gasteiger partial charge in [0.25, 0.3) is 0 Å². The minimum absolute atomic E-state index is 0.899. The standard InChI is InChI=1S/C60H35NO2/c1-2-13-45-43(11-1)44-12-3-4-14-46(44)52-33-37(25-30-47(45)52)36-23-28-40(29-24-36)61-55-31-26-38(41-17-9-19-50-48-15-5-7-21-57(48)62-59(41)50)34-53(55)54-35-39(27-32-56(54)61)42-18-10-20-51-49-16-6-8-22-58(49)63-60(42)51/h1-35H. The number of aromatic nitrogens is 1. The van der Waals surface area contributed by atoms with E-state index < -0.39 is 0 Å². The van der Waals surface area contributed by atoms with Gasteiger partial charge in [0.1, 0.15) is 22.3 Å². The molecule has 292 valence electrons. The molecule has 63 heavy (non-hydrogen) atoms. The SMILES string of the molecule is c1ccc2c(c1)oc1c(-c3ccc4c(c3)c3cc(-c5cccc6c5oc5ccccc56)ccc3n4-c3ccc(-c4ccc5c6ccccc6c6ccccc6c5c4)cc3)cccc12. The monoisotopic (exact) mass is 801 g/mol. The summed E-state index contributed by atoms with van der Waals surface area (Å²) < 4.78 is 15.5. The van der Waals surface area contributed by atoms with Gasteiger partial charge in [0.05, 0.1) is 11.0 Å². The van der Waals surface area contributed by atoms with E-state index in [9.17, 15) is 0 Å². The normalized spacial score (nSPS) is 12.1. The molecule has 14 rings (SSSR count). The Kier molecular flexibility index (Phi) is 7.11. The number of nitrogens with zero attached hydrogens (tertiary/aromatic N) is 1. The Morgan fingerprint density at radius 3 is 1.17 bits per heavy atom. The summed E-state index contributed by atoms with van der Waals surface area (Å²) in [4.78, 5) is 0. The van der Waals surface area contributed by atoms with Gasteiger partial charge in [-0.15, -0.1) is 0 Å². The summed E-state index contributed by atoms with van der Waals surface area (Å²) in [5.74, 6) is 0. The van der Waals surface area contributed by atoms with E-state index in [-0.39, 0.29) is 0 Å². The minimum Gasteiger partial charge on any atom is -0.455 e. The largest absolute Gasteiger partial charge is 0.455 e. The maximum atomic E-state index is 6.55. The Balaban J connectivity index is 0.954. The van der Waals surface area contributed by atoms with Gasteiger partial charge in [-0.05, 0) is 109 Å². The van der Waals surface area contributed by atoms with Crippen LogP contribution in [-0.4, -0.2) is 4.57 Å². The van der Waals surface area contributed by atoms with E-state index in [1.165, 1.54) is 54.2 Å². The van der Waals surface area contributed by atoms with Crippen molar-refractivity contribution in [3.8, 4) is 39.1 Å². The van der Waals surface area contributed by atoms with E-state index in [1.807, 2.05) is 12.1 Å². The Hall–Kier alpha value is -8.40. The van der Waals surface area contributed by atoms with E-state index >= 15 is 0 Å². The molecule has 11 aromatic carbocycles. The van der Waals surface area contributed by atoms with Gasteiger partial charge in [-0.1, -0.05) is 158 Å². The highest BCUT2D eigenvalue weighted by atomic mass is 16.3. The first-order chi connectivity index (χ1) is 31.2. The van der Waals surface area contributed by atoms with Crippen LogP contribution in [0.3, 0.4) is 0 Å². The lowest BCUT2D eigenvalue weighted by Gasteiger charge is -2.13. The lowest BCUT2D eigenvalue weighted by Crippen LogP contribution is -1.94. The fraction of sp³-hybridized carbons (Fsp3) is 0. The second kappa shape index (κ2) is 13.1. The predicted molar refractivity (Wildman–Crippen MR) is 264 cm³/mol. The van der Waals surface area contributed by atoms with Crippen LogP contribution in [0, 0.1) is 0 Å². The zero-order valence-electron chi connectivity index (χ0n) is 34.0. The third-order valence-corrected chi connectivity index (χ3v) is 13.4. The molecule has 3 nitrogen and oxygen atoms in total. The highest BCUT2D eigenvalue weighted by Gasteiger charge is 2.19. The lowest BCUT2D eigenvalue weighted by molar-refractivity contribution is 0.669. The quantitative estimate of drug-likeness (QED) is 0.166. The number of fused-ring (bicyclic) bond motifs is 15. The van der Waals surface area contributed by atoms with Crippen molar-refractivity contribution < 1.29 is 8.83 Å². The smallest absolute Gasteiger partial charge is 0.143 e. The Morgan fingerprint density at radius 1 is 0.254 bits per heavy atom. The molecule has 3 heterocycles.